The molecule has 1 spiro atoms. The van der Waals surface area contributed by atoms with Gasteiger partial charge in [-0.05, 0) is 62.7 Å². The van der Waals surface area contributed by atoms with E-state index in [4.69, 9.17) is 9.78 Å². The van der Waals surface area contributed by atoms with Crippen LogP contribution in [-0.4, -0.2) is 22.9 Å². The molecule has 0 aromatic heterocycles. The largest absolute Gasteiger partial charge is 0.390 e. The minimum Gasteiger partial charge on any atom is -0.390 e. The SMILES string of the molecule is C[C@H](O)[C@@H]1OOC12C1CC3CC(C1)CC2C3. The van der Waals surface area contributed by atoms with E-state index in [9.17, 15) is 5.11 Å². The highest BCUT2D eigenvalue weighted by molar-refractivity contribution is 5.13. The Hall–Kier alpha value is -0.120. The Morgan fingerprint density at radius 2 is 1.62 bits per heavy atom. The second kappa shape index (κ2) is 3.01. The molecule has 4 bridgehead atoms. The molecule has 0 amide bonds. The molecule has 3 nitrogen and oxygen atoms in total. The van der Waals surface area contributed by atoms with Gasteiger partial charge in [0.2, 0.25) is 0 Å². The number of hydrogen-bond acceptors (Lipinski definition) is 3. The molecule has 1 saturated heterocycles. The molecule has 1 N–H and O–H groups in total. The van der Waals surface area contributed by atoms with E-state index < -0.39 is 6.10 Å². The van der Waals surface area contributed by atoms with Crippen LogP contribution in [0.15, 0.2) is 0 Å². The molecule has 1 heterocycles. The van der Waals surface area contributed by atoms with Gasteiger partial charge < -0.3 is 5.11 Å². The van der Waals surface area contributed by atoms with Crippen molar-refractivity contribution < 1.29 is 14.9 Å². The zero-order chi connectivity index (χ0) is 10.9. The third-order valence-corrected chi connectivity index (χ3v) is 5.59. The number of aliphatic hydroxyl groups excluding tert-OH is 1. The predicted octanol–water partition coefficient (Wildman–Crippen LogP) is 1.89. The van der Waals surface area contributed by atoms with Crippen LogP contribution in [0.3, 0.4) is 0 Å². The van der Waals surface area contributed by atoms with Gasteiger partial charge in [0, 0.05) is 0 Å². The molecule has 0 radical (unpaired) electrons. The van der Waals surface area contributed by atoms with Crippen molar-refractivity contribution in [1.29, 1.82) is 0 Å². The van der Waals surface area contributed by atoms with Crippen molar-refractivity contribution in [2.45, 2.75) is 56.8 Å². The average Bonchev–Trinajstić information content (AvgIpc) is 2.13. The predicted molar refractivity (Wildman–Crippen MR) is 57.4 cm³/mol. The van der Waals surface area contributed by atoms with Gasteiger partial charge in [-0.2, -0.15) is 0 Å². The first-order chi connectivity index (χ1) is 7.70. The van der Waals surface area contributed by atoms with Gasteiger partial charge in [-0.3, -0.25) is 0 Å². The Bertz CT molecular complexity index is 284. The summed E-state index contributed by atoms with van der Waals surface area (Å²) in [4.78, 5) is 10.8. The molecule has 5 fully saturated rings. The standard InChI is InChI=1S/C13H20O3/c1-7(14)12-13(16-15-12)10-3-8-2-9(5-10)6-11(13)4-8/h7-12,14H,2-6H2,1H3/t7-,8?,9?,10?,11?,12-,13?/m0/s1. The molecule has 0 aromatic rings. The molecule has 0 aromatic carbocycles. The quantitative estimate of drug-likeness (QED) is 0.691. The van der Waals surface area contributed by atoms with Crippen molar-refractivity contribution in [1.82, 2.24) is 0 Å². The first kappa shape index (κ1) is 9.86. The molecule has 90 valence electrons. The summed E-state index contributed by atoms with van der Waals surface area (Å²) in [6.45, 7) is 1.83. The lowest BCUT2D eigenvalue weighted by Crippen LogP contribution is -2.73. The van der Waals surface area contributed by atoms with Gasteiger partial charge in [0.1, 0.15) is 5.60 Å². The zero-order valence-electron chi connectivity index (χ0n) is 9.76. The molecule has 5 aliphatic rings. The molecule has 0 unspecified atom stereocenters. The van der Waals surface area contributed by atoms with Gasteiger partial charge in [-0.15, -0.1) is 0 Å². The molecule has 2 atom stereocenters. The Morgan fingerprint density at radius 1 is 1.06 bits per heavy atom. The summed E-state index contributed by atoms with van der Waals surface area (Å²) in [5, 5.41) is 9.82. The van der Waals surface area contributed by atoms with Crippen LogP contribution in [0, 0.1) is 23.7 Å². The summed E-state index contributed by atoms with van der Waals surface area (Å²) in [7, 11) is 0. The maximum Gasteiger partial charge on any atom is 0.151 e. The van der Waals surface area contributed by atoms with Crippen LogP contribution in [0.1, 0.15) is 39.0 Å². The normalized spacial score (nSPS) is 60.0. The van der Waals surface area contributed by atoms with E-state index in [2.05, 4.69) is 0 Å². The van der Waals surface area contributed by atoms with Crippen LogP contribution in [0.5, 0.6) is 0 Å². The smallest absolute Gasteiger partial charge is 0.151 e. The van der Waals surface area contributed by atoms with Gasteiger partial charge >= 0.3 is 0 Å². The molecular formula is C13H20O3. The van der Waals surface area contributed by atoms with Crippen LogP contribution in [0.2, 0.25) is 0 Å². The number of hydrogen-bond donors (Lipinski definition) is 1. The molecule has 3 heteroatoms. The summed E-state index contributed by atoms with van der Waals surface area (Å²) >= 11 is 0. The minimum absolute atomic E-state index is 0.0671. The van der Waals surface area contributed by atoms with E-state index in [1.807, 2.05) is 6.92 Å². The molecule has 16 heavy (non-hydrogen) atoms. The van der Waals surface area contributed by atoms with Gasteiger partial charge in [-0.1, -0.05) is 0 Å². The van der Waals surface area contributed by atoms with Crippen LogP contribution in [0.25, 0.3) is 0 Å². The maximum atomic E-state index is 9.82. The van der Waals surface area contributed by atoms with Crippen molar-refractivity contribution in [2.24, 2.45) is 23.7 Å². The Kier molecular flexibility index (Phi) is 1.85. The second-order valence-corrected chi connectivity index (χ2v) is 6.50. The fourth-order valence-corrected chi connectivity index (χ4v) is 5.19. The fourth-order valence-electron chi connectivity index (χ4n) is 5.19. The average molecular weight is 224 g/mol. The van der Waals surface area contributed by atoms with Crippen LogP contribution < -0.4 is 0 Å². The van der Waals surface area contributed by atoms with Gasteiger partial charge in [-0.25, -0.2) is 9.78 Å². The van der Waals surface area contributed by atoms with Crippen molar-refractivity contribution in [3.8, 4) is 0 Å². The van der Waals surface area contributed by atoms with Crippen molar-refractivity contribution in [3.63, 3.8) is 0 Å². The monoisotopic (exact) mass is 224 g/mol. The highest BCUT2D eigenvalue weighted by atomic mass is 17.3. The zero-order valence-corrected chi connectivity index (χ0v) is 9.76. The molecule has 5 rings (SSSR count). The summed E-state index contributed by atoms with van der Waals surface area (Å²) in [6, 6.07) is 0. The van der Waals surface area contributed by atoms with E-state index in [0.717, 1.165) is 11.8 Å². The lowest BCUT2D eigenvalue weighted by molar-refractivity contribution is -0.554. The highest BCUT2D eigenvalue weighted by Gasteiger charge is 2.68. The van der Waals surface area contributed by atoms with Gasteiger partial charge in [0.25, 0.3) is 0 Å². The molecule has 4 aliphatic carbocycles. The van der Waals surface area contributed by atoms with Crippen molar-refractivity contribution in [3.05, 3.63) is 0 Å². The van der Waals surface area contributed by atoms with E-state index in [0.29, 0.717) is 11.8 Å². The van der Waals surface area contributed by atoms with Crippen LogP contribution >= 0.6 is 0 Å². The molecular weight excluding hydrogens is 204 g/mol. The number of aliphatic hydroxyl groups is 1. The third kappa shape index (κ3) is 1.00. The Morgan fingerprint density at radius 3 is 2.00 bits per heavy atom. The molecule has 1 aliphatic heterocycles. The second-order valence-electron chi connectivity index (χ2n) is 6.50. The summed E-state index contributed by atoms with van der Waals surface area (Å²) < 4.78 is 0. The maximum absolute atomic E-state index is 9.82. The summed E-state index contributed by atoms with van der Waals surface area (Å²) in [6.07, 6.45) is 6.20. The van der Waals surface area contributed by atoms with Crippen molar-refractivity contribution in [2.75, 3.05) is 0 Å². The van der Waals surface area contributed by atoms with Crippen molar-refractivity contribution >= 4 is 0 Å². The lowest BCUT2D eigenvalue weighted by atomic mass is 9.48. The van der Waals surface area contributed by atoms with E-state index >= 15 is 0 Å². The number of rotatable bonds is 1. The molecule has 4 saturated carbocycles. The Balaban J connectivity index is 1.69. The first-order valence-electron chi connectivity index (χ1n) is 6.72. The summed E-state index contributed by atoms with van der Waals surface area (Å²) in [5.74, 6) is 3.17. The lowest BCUT2D eigenvalue weighted by Gasteiger charge is -2.65. The van der Waals surface area contributed by atoms with Gasteiger partial charge in [0.15, 0.2) is 6.10 Å². The minimum atomic E-state index is -0.397. The van der Waals surface area contributed by atoms with Crippen LogP contribution in [-0.2, 0) is 9.78 Å². The first-order valence-corrected chi connectivity index (χ1v) is 6.72. The highest BCUT2D eigenvalue weighted by Crippen LogP contribution is 2.64. The summed E-state index contributed by atoms with van der Waals surface area (Å²) in [5.41, 5.74) is -0.110. The van der Waals surface area contributed by atoms with Gasteiger partial charge in [0.05, 0.1) is 6.10 Å². The Labute approximate surface area is 96.0 Å². The topological polar surface area (TPSA) is 38.7 Å². The van der Waals surface area contributed by atoms with Crippen LogP contribution in [0.4, 0.5) is 0 Å². The van der Waals surface area contributed by atoms with E-state index in [1.54, 1.807) is 0 Å². The van der Waals surface area contributed by atoms with E-state index in [1.165, 1.54) is 32.1 Å². The fraction of sp³-hybridized carbons (Fsp3) is 1.00. The third-order valence-electron chi connectivity index (χ3n) is 5.59. The van der Waals surface area contributed by atoms with E-state index in [-0.39, 0.29) is 11.7 Å².